The molecule has 1 rings (SSSR count). The highest BCUT2D eigenvalue weighted by molar-refractivity contribution is 4.94. The Morgan fingerprint density at radius 2 is 1.29 bits per heavy atom. The van der Waals surface area contributed by atoms with Crippen molar-refractivity contribution in [3.8, 4) is 0 Å². The molecule has 0 aliphatic heterocycles. The van der Waals surface area contributed by atoms with Crippen LogP contribution in [0.1, 0.15) is 81.6 Å². The van der Waals surface area contributed by atoms with Crippen LogP contribution in [0.3, 0.4) is 0 Å². The van der Waals surface area contributed by atoms with Crippen LogP contribution < -0.4 is 0 Å². The van der Waals surface area contributed by atoms with Gasteiger partial charge in [-0.25, -0.2) is 9.78 Å². The largest absolute Gasteiger partial charge is 0.241 e. The molecule has 1 fully saturated rings. The zero-order valence-corrected chi connectivity index (χ0v) is 15.3. The first-order valence-corrected chi connectivity index (χ1v) is 8.03. The Morgan fingerprint density at radius 3 is 1.62 bits per heavy atom. The maximum Gasteiger partial charge on any atom is 0.241 e. The first-order chi connectivity index (χ1) is 9.29. The predicted molar refractivity (Wildman–Crippen MR) is 83.4 cm³/mol. The summed E-state index contributed by atoms with van der Waals surface area (Å²) >= 11 is 0. The molecule has 4 heteroatoms. The Balaban J connectivity index is 3.01. The van der Waals surface area contributed by atoms with Gasteiger partial charge in [-0.15, -0.1) is 0 Å². The van der Waals surface area contributed by atoms with E-state index in [0.717, 1.165) is 19.3 Å². The highest BCUT2D eigenvalue weighted by Gasteiger charge is 2.57. The van der Waals surface area contributed by atoms with Gasteiger partial charge in [0.15, 0.2) is 0 Å². The zero-order chi connectivity index (χ0) is 16.5. The third-order valence-corrected chi connectivity index (χ3v) is 3.86. The second-order valence-electron chi connectivity index (χ2n) is 8.90. The van der Waals surface area contributed by atoms with Crippen LogP contribution in [0.25, 0.3) is 0 Å². The molecule has 0 aromatic heterocycles. The van der Waals surface area contributed by atoms with Gasteiger partial charge in [-0.1, -0.05) is 27.2 Å². The second-order valence-corrected chi connectivity index (χ2v) is 8.90. The van der Waals surface area contributed by atoms with Gasteiger partial charge in [0.2, 0.25) is 5.79 Å². The van der Waals surface area contributed by atoms with Gasteiger partial charge >= 0.3 is 0 Å². The van der Waals surface area contributed by atoms with Crippen LogP contribution in [0, 0.1) is 11.3 Å². The second kappa shape index (κ2) is 6.15. The van der Waals surface area contributed by atoms with Crippen molar-refractivity contribution in [3.63, 3.8) is 0 Å². The lowest BCUT2D eigenvalue weighted by Gasteiger charge is -2.51. The molecule has 4 nitrogen and oxygen atoms in total. The van der Waals surface area contributed by atoms with Gasteiger partial charge < -0.3 is 0 Å². The van der Waals surface area contributed by atoms with Crippen molar-refractivity contribution in [2.75, 3.05) is 0 Å². The molecule has 0 aromatic carbocycles. The number of hydrogen-bond acceptors (Lipinski definition) is 4. The molecule has 1 aliphatic carbocycles. The average Bonchev–Trinajstić information content (AvgIpc) is 2.24. The van der Waals surface area contributed by atoms with Gasteiger partial charge in [0.25, 0.3) is 0 Å². The summed E-state index contributed by atoms with van der Waals surface area (Å²) in [5.74, 6) is -0.711. The van der Waals surface area contributed by atoms with Crippen molar-refractivity contribution in [3.05, 3.63) is 0 Å². The Kier molecular flexibility index (Phi) is 5.53. The summed E-state index contributed by atoms with van der Waals surface area (Å²) in [7, 11) is 0. The van der Waals surface area contributed by atoms with Crippen molar-refractivity contribution in [1.29, 1.82) is 0 Å². The minimum Gasteiger partial charge on any atom is -0.228 e. The summed E-state index contributed by atoms with van der Waals surface area (Å²) in [6.45, 7) is 18.2. The molecule has 0 radical (unpaired) electrons. The Morgan fingerprint density at radius 1 is 0.857 bits per heavy atom. The van der Waals surface area contributed by atoms with Crippen LogP contribution in [-0.2, 0) is 19.6 Å². The third kappa shape index (κ3) is 4.92. The van der Waals surface area contributed by atoms with E-state index in [1.807, 2.05) is 41.5 Å². The van der Waals surface area contributed by atoms with E-state index in [0.29, 0.717) is 0 Å². The molecule has 1 unspecified atom stereocenters. The van der Waals surface area contributed by atoms with E-state index < -0.39 is 17.0 Å². The highest BCUT2D eigenvalue weighted by atomic mass is 17.3. The first kappa shape index (κ1) is 18.9. The topological polar surface area (TPSA) is 36.9 Å². The summed E-state index contributed by atoms with van der Waals surface area (Å²) in [5, 5.41) is 0. The van der Waals surface area contributed by atoms with Crippen LogP contribution in [0.2, 0.25) is 0 Å². The summed E-state index contributed by atoms with van der Waals surface area (Å²) in [4.78, 5) is 23.1. The molecule has 0 spiro atoms. The molecular formula is C17H34O4. The van der Waals surface area contributed by atoms with E-state index in [-0.39, 0.29) is 11.3 Å². The maximum absolute atomic E-state index is 5.91. The van der Waals surface area contributed by atoms with E-state index in [4.69, 9.17) is 19.6 Å². The first-order valence-electron chi connectivity index (χ1n) is 8.03. The van der Waals surface area contributed by atoms with Crippen molar-refractivity contribution >= 4 is 0 Å². The quantitative estimate of drug-likeness (QED) is 0.415. The Labute approximate surface area is 130 Å². The van der Waals surface area contributed by atoms with Crippen LogP contribution >= 0.6 is 0 Å². The standard InChI is InChI=1S/C17H34O4/c1-13-11-10-12-16(8,9)17(13,20-18-14(2,3)4)21-19-15(5,6)7/h13H,10-12H2,1-9H3. The van der Waals surface area contributed by atoms with Crippen LogP contribution in [0.4, 0.5) is 0 Å². The van der Waals surface area contributed by atoms with Gasteiger partial charge in [-0.3, -0.25) is 0 Å². The summed E-state index contributed by atoms with van der Waals surface area (Å²) in [5.41, 5.74) is -0.988. The van der Waals surface area contributed by atoms with Crippen molar-refractivity contribution in [2.24, 2.45) is 11.3 Å². The predicted octanol–water partition coefficient (Wildman–Crippen LogP) is 5.02. The molecule has 126 valence electrons. The monoisotopic (exact) mass is 302 g/mol. The molecular weight excluding hydrogens is 268 g/mol. The maximum atomic E-state index is 5.91. The molecule has 0 amide bonds. The third-order valence-electron chi connectivity index (χ3n) is 3.86. The van der Waals surface area contributed by atoms with Crippen molar-refractivity contribution < 1.29 is 19.6 Å². The Bertz CT molecular complexity index is 318. The lowest BCUT2D eigenvalue weighted by Crippen LogP contribution is -2.57. The lowest BCUT2D eigenvalue weighted by atomic mass is 9.67. The van der Waals surface area contributed by atoms with E-state index in [1.165, 1.54) is 0 Å². The molecule has 1 saturated carbocycles. The molecule has 0 bridgehead atoms. The van der Waals surface area contributed by atoms with Crippen LogP contribution in [0.5, 0.6) is 0 Å². The smallest absolute Gasteiger partial charge is 0.228 e. The van der Waals surface area contributed by atoms with E-state index >= 15 is 0 Å². The minimum absolute atomic E-state index is 0.186. The van der Waals surface area contributed by atoms with Gasteiger partial charge in [0.05, 0.1) is 11.2 Å². The van der Waals surface area contributed by atoms with E-state index in [9.17, 15) is 0 Å². The molecule has 0 aromatic rings. The fourth-order valence-electron chi connectivity index (χ4n) is 2.66. The average molecular weight is 302 g/mol. The van der Waals surface area contributed by atoms with Gasteiger partial charge in [0, 0.05) is 11.3 Å². The van der Waals surface area contributed by atoms with Crippen LogP contribution in [0.15, 0.2) is 0 Å². The molecule has 1 aliphatic rings. The molecule has 0 N–H and O–H groups in total. The number of hydrogen-bond donors (Lipinski definition) is 0. The molecule has 0 heterocycles. The lowest BCUT2D eigenvalue weighted by molar-refractivity contribution is -0.575. The summed E-state index contributed by atoms with van der Waals surface area (Å²) in [6.07, 6.45) is 3.20. The van der Waals surface area contributed by atoms with Crippen LogP contribution in [-0.4, -0.2) is 17.0 Å². The summed E-state index contributed by atoms with van der Waals surface area (Å²) in [6, 6.07) is 0. The number of rotatable bonds is 4. The SMILES string of the molecule is CC1CCCC(C)(C)C1(OOC(C)(C)C)OOC(C)(C)C. The molecule has 1 atom stereocenters. The molecule has 21 heavy (non-hydrogen) atoms. The fraction of sp³-hybridized carbons (Fsp3) is 1.00. The van der Waals surface area contributed by atoms with Crippen molar-refractivity contribution in [1.82, 2.24) is 0 Å². The Hall–Kier alpha value is -0.160. The highest BCUT2D eigenvalue weighted by Crippen LogP contribution is 2.51. The minimum atomic E-state index is -0.897. The van der Waals surface area contributed by atoms with E-state index in [2.05, 4.69) is 20.8 Å². The summed E-state index contributed by atoms with van der Waals surface area (Å²) < 4.78 is 0. The van der Waals surface area contributed by atoms with E-state index in [1.54, 1.807) is 0 Å². The fourth-order valence-corrected chi connectivity index (χ4v) is 2.66. The van der Waals surface area contributed by atoms with Gasteiger partial charge in [0.1, 0.15) is 0 Å². The molecule has 0 saturated heterocycles. The zero-order valence-electron chi connectivity index (χ0n) is 15.3. The normalized spacial score (nSPS) is 25.9. The van der Waals surface area contributed by atoms with Gasteiger partial charge in [-0.2, -0.15) is 9.78 Å². The van der Waals surface area contributed by atoms with Crippen molar-refractivity contribution in [2.45, 2.75) is 98.6 Å². The van der Waals surface area contributed by atoms with Gasteiger partial charge in [-0.05, 0) is 54.4 Å².